The molecule has 1 unspecified atom stereocenters. The second-order valence-electron chi connectivity index (χ2n) is 5.39. The Morgan fingerprint density at radius 2 is 2.42 bits per heavy atom. The van der Waals surface area contributed by atoms with Gasteiger partial charge in [0.1, 0.15) is 0 Å². The van der Waals surface area contributed by atoms with Crippen molar-refractivity contribution in [3.8, 4) is 0 Å². The number of carbonyl (C=O) groups is 1. The smallest absolute Gasteiger partial charge is 0.310 e. The molecule has 1 atom stereocenters. The maximum absolute atomic E-state index is 11.2. The molecule has 0 saturated carbocycles. The zero-order valence-electron chi connectivity index (χ0n) is 10.8. The Labute approximate surface area is 110 Å². The summed E-state index contributed by atoms with van der Waals surface area (Å²) in [6.07, 6.45) is 6.25. The topological polar surface area (TPSA) is 70.7 Å². The van der Waals surface area contributed by atoms with Gasteiger partial charge in [-0.3, -0.25) is 14.1 Å². The average Bonchev–Trinajstić information content (AvgIpc) is 2.93. The molecule has 3 heterocycles. The summed E-state index contributed by atoms with van der Waals surface area (Å²) in [7, 11) is 0. The van der Waals surface area contributed by atoms with Crippen molar-refractivity contribution in [1.82, 2.24) is 19.3 Å². The lowest BCUT2D eigenvalue weighted by molar-refractivity contribution is -0.147. The molecule has 2 aromatic rings. The van der Waals surface area contributed by atoms with E-state index in [1.54, 1.807) is 13.1 Å². The molecule has 0 radical (unpaired) electrons. The van der Waals surface area contributed by atoms with Crippen LogP contribution in [-0.2, 0) is 11.3 Å². The molecule has 1 N–H and O–H groups in total. The van der Waals surface area contributed by atoms with E-state index in [4.69, 9.17) is 0 Å². The number of fused-ring (bicyclic) bond motifs is 1. The minimum absolute atomic E-state index is 0.573. The second kappa shape index (κ2) is 4.31. The molecule has 0 aliphatic carbocycles. The van der Waals surface area contributed by atoms with Crippen molar-refractivity contribution in [2.24, 2.45) is 5.41 Å². The minimum Gasteiger partial charge on any atom is -0.481 e. The molecule has 1 saturated heterocycles. The lowest BCUT2D eigenvalue weighted by Crippen LogP contribution is -2.31. The van der Waals surface area contributed by atoms with E-state index in [1.165, 1.54) is 0 Å². The van der Waals surface area contributed by atoms with Gasteiger partial charge in [-0.15, -0.1) is 0 Å². The van der Waals surface area contributed by atoms with E-state index >= 15 is 0 Å². The molecule has 0 aromatic carbocycles. The van der Waals surface area contributed by atoms with Crippen molar-refractivity contribution >= 4 is 11.7 Å². The lowest BCUT2D eigenvalue weighted by atomic mass is 9.90. The summed E-state index contributed by atoms with van der Waals surface area (Å²) in [5.74, 6) is -0.0376. The van der Waals surface area contributed by atoms with Crippen molar-refractivity contribution in [1.29, 1.82) is 0 Å². The quantitative estimate of drug-likeness (QED) is 0.892. The number of hydrogen-bond donors (Lipinski definition) is 1. The van der Waals surface area contributed by atoms with Gasteiger partial charge in [0.2, 0.25) is 5.78 Å². The third kappa shape index (κ3) is 2.19. The van der Waals surface area contributed by atoms with Crippen LogP contribution in [0.15, 0.2) is 24.7 Å². The lowest BCUT2D eigenvalue weighted by Gasteiger charge is -2.19. The highest BCUT2D eigenvalue weighted by Crippen LogP contribution is 2.30. The molecule has 0 spiro atoms. The molecule has 3 rings (SSSR count). The SMILES string of the molecule is CC1(C(=O)O)CCN(Cc2cn3cccnc3n2)C1. The Kier molecular flexibility index (Phi) is 2.74. The molecular formula is C13H16N4O2. The van der Waals surface area contributed by atoms with Crippen LogP contribution in [0, 0.1) is 5.41 Å². The first-order chi connectivity index (χ1) is 9.07. The first kappa shape index (κ1) is 12.1. The van der Waals surface area contributed by atoms with Crippen LogP contribution in [0.1, 0.15) is 19.0 Å². The molecule has 2 aromatic heterocycles. The maximum atomic E-state index is 11.2. The highest BCUT2D eigenvalue weighted by atomic mass is 16.4. The van der Waals surface area contributed by atoms with Crippen molar-refractivity contribution in [2.75, 3.05) is 13.1 Å². The molecule has 0 amide bonds. The van der Waals surface area contributed by atoms with E-state index in [2.05, 4.69) is 14.9 Å². The number of nitrogens with zero attached hydrogens (tertiary/aromatic N) is 4. The Balaban J connectivity index is 1.74. The number of aliphatic carboxylic acids is 1. The standard InChI is InChI=1S/C13H16N4O2/c1-13(11(18)19)3-6-16(9-13)7-10-8-17-5-2-4-14-12(17)15-10/h2,4-5,8H,3,6-7,9H2,1H3,(H,18,19). The Bertz CT molecular complexity index is 591. The Morgan fingerprint density at radius 1 is 1.58 bits per heavy atom. The van der Waals surface area contributed by atoms with Gasteiger partial charge in [-0.05, 0) is 26.0 Å². The number of carboxylic acid groups (broad SMARTS) is 1. The van der Waals surface area contributed by atoms with Gasteiger partial charge in [0.15, 0.2) is 0 Å². The van der Waals surface area contributed by atoms with Crippen LogP contribution in [0.25, 0.3) is 5.78 Å². The Hall–Kier alpha value is -1.95. The summed E-state index contributed by atoms with van der Waals surface area (Å²) in [5.41, 5.74) is 0.297. The molecule has 1 aliphatic heterocycles. The molecule has 1 fully saturated rings. The molecule has 1 aliphatic rings. The average molecular weight is 260 g/mol. The van der Waals surface area contributed by atoms with Crippen LogP contribution in [0.4, 0.5) is 0 Å². The van der Waals surface area contributed by atoms with E-state index < -0.39 is 11.4 Å². The van der Waals surface area contributed by atoms with Gasteiger partial charge < -0.3 is 5.11 Å². The maximum Gasteiger partial charge on any atom is 0.310 e. The fourth-order valence-electron chi connectivity index (χ4n) is 2.55. The van der Waals surface area contributed by atoms with Gasteiger partial charge in [-0.2, -0.15) is 0 Å². The third-order valence-electron chi connectivity index (χ3n) is 3.74. The van der Waals surface area contributed by atoms with Gasteiger partial charge in [0.25, 0.3) is 0 Å². The largest absolute Gasteiger partial charge is 0.481 e. The zero-order valence-corrected chi connectivity index (χ0v) is 10.8. The van der Waals surface area contributed by atoms with Crippen LogP contribution >= 0.6 is 0 Å². The van der Waals surface area contributed by atoms with E-state index in [0.29, 0.717) is 25.3 Å². The summed E-state index contributed by atoms with van der Waals surface area (Å²) in [6.45, 7) is 3.85. The number of hydrogen-bond acceptors (Lipinski definition) is 4. The molecular weight excluding hydrogens is 244 g/mol. The zero-order chi connectivity index (χ0) is 13.5. The van der Waals surface area contributed by atoms with E-state index in [0.717, 1.165) is 12.2 Å². The minimum atomic E-state index is -0.716. The fourth-order valence-corrected chi connectivity index (χ4v) is 2.55. The van der Waals surface area contributed by atoms with Gasteiger partial charge in [-0.25, -0.2) is 9.97 Å². The third-order valence-corrected chi connectivity index (χ3v) is 3.74. The molecule has 100 valence electrons. The fraction of sp³-hybridized carbons (Fsp3) is 0.462. The number of carboxylic acids is 1. The molecule has 6 heteroatoms. The Morgan fingerprint density at radius 3 is 3.11 bits per heavy atom. The van der Waals surface area contributed by atoms with Crippen molar-refractivity contribution in [3.63, 3.8) is 0 Å². The molecule has 0 bridgehead atoms. The number of aromatic nitrogens is 3. The molecule has 6 nitrogen and oxygen atoms in total. The second-order valence-corrected chi connectivity index (χ2v) is 5.39. The highest BCUT2D eigenvalue weighted by molar-refractivity contribution is 5.74. The van der Waals surface area contributed by atoms with Crippen LogP contribution in [0.5, 0.6) is 0 Å². The van der Waals surface area contributed by atoms with Crippen LogP contribution in [0.2, 0.25) is 0 Å². The monoisotopic (exact) mass is 260 g/mol. The van der Waals surface area contributed by atoms with E-state index in [1.807, 2.05) is 22.9 Å². The van der Waals surface area contributed by atoms with Crippen molar-refractivity contribution in [3.05, 3.63) is 30.4 Å². The summed E-state index contributed by atoms with van der Waals surface area (Å²) in [5, 5.41) is 9.21. The van der Waals surface area contributed by atoms with Gasteiger partial charge in [0, 0.05) is 31.7 Å². The van der Waals surface area contributed by atoms with Gasteiger partial charge >= 0.3 is 5.97 Å². The normalized spacial score (nSPS) is 24.1. The van der Waals surface area contributed by atoms with E-state index in [9.17, 15) is 9.90 Å². The van der Waals surface area contributed by atoms with E-state index in [-0.39, 0.29) is 0 Å². The predicted molar refractivity (Wildman–Crippen MR) is 68.6 cm³/mol. The van der Waals surface area contributed by atoms with Crippen LogP contribution in [-0.4, -0.2) is 43.4 Å². The van der Waals surface area contributed by atoms with Crippen LogP contribution < -0.4 is 0 Å². The number of imidazole rings is 1. The molecule has 19 heavy (non-hydrogen) atoms. The van der Waals surface area contributed by atoms with Crippen molar-refractivity contribution in [2.45, 2.75) is 19.9 Å². The summed E-state index contributed by atoms with van der Waals surface area (Å²) in [6, 6.07) is 1.86. The first-order valence-corrected chi connectivity index (χ1v) is 6.31. The summed E-state index contributed by atoms with van der Waals surface area (Å²) < 4.78 is 1.88. The highest BCUT2D eigenvalue weighted by Gasteiger charge is 2.40. The predicted octanol–water partition coefficient (Wildman–Crippen LogP) is 1.03. The van der Waals surface area contributed by atoms with Crippen molar-refractivity contribution < 1.29 is 9.90 Å². The van der Waals surface area contributed by atoms with Gasteiger partial charge in [0.05, 0.1) is 11.1 Å². The summed E-state index contributed by atoms with van der Waals surface area (Å²) in [4.78, 5) is 21.9. The van der Waals surface area contributed by atoms with Crippen LogP contribution in [0.3, 0.4) is 0 Å². The number of likely N-dealkylation sites (tertiary alicyclic amines) is 1. The number of rotatable bonds is 3. The summed E-state index contributed by atoms with van der Waals surface area (Å²) >= 11 is 0. The van der Waals surface area contributed by atoms with Gasteiger partial charge in [-0.1, -0.05) is 0 Å². The first-order valence-electron chi connectivity index (χ1n) is 6.31.